The molecule has 0 saturated carbocycles. The van der Waals surface area contributed by atoms with E-state index >= 15 is 26.3 Å². The molecule has 0 fully saturated rings. The molecule has 0 aliphatic heterocycles. The van der Waals surface area contributed by atoms with Crippen LogP contribution in [0.3, 0.4) is 0 Å². The highest BCUT2D eigenvalue weighted by molar-refractivity contribution is 6.12. The minimum Gasteiger partial charge on any atom is -0.309 e. The zero-order chi connectivity index (χ0) is 80.0. The van der Waals surface area contributed by atoms with Gasteiger partial charge < -0.3 is 9.13 Å². The largest absolute Gasteiger partial charge is 0.417 e. The van der Waals surface area contributed by atoms with Gasteiger partial charge >= 0.3 is 37.1 Å². The van der Waals surface area contributed by atoms with Crippen LogP contribution in [0.15, 0.2) is 174 Å². The first-order valence-electron chi connectivity index (χ1n) is 34.0. The summed E-state index contributed by atoms with van der Waals surface area (Å²) in [5.74, 6) is 1.15. The van der Waals surface area contributed by atoms with Gasteiger partial charge in [0.25, 0.3) is 0 Å². The number of aryl methyl sites for hydroxylation is 7. The Balaban J connectivity index is 0.903. The maximum Gasteiger partial charge on any atom is 0.417 e. The van der Waals surface area contributed by atoms with E-state index in [1.165, 1.54) is 92.1 Å². The van der Waals surface area contributed by atoms with Gasteiger partial charge in [-0.1, -0.05) is 54.6 Å². The molecule has 14 nitrogen and oxygen atoms in total. The summed E-state index contributed by atoms with van der Waals surface area (Å²) in [6.07, 6.45) is -34.3. The van der Waals surface area contributed by atoms with E-state index in [-0.39, 0.29) is 102 Å². The Hall–Kier alpha value is -12.4. The zero-order valence-electron chi connectivity index (χ0n) is 59.1. The Morgan fingerprint density at radius 1 is 0.312 bits per heavy atom. The SMILES string of the molecule is Cc1nc(C)nc(-c2ccc(-n3c4ccccc4c4cc(-c5ccc(C(F)(F)F)c(Cc6nc(C)nc(-c7ccc(-n8c9cc(=C%10C=C(C(F)(F)F)C=C(C(F)(F)F)C%10)ccc9c9ccc(=C%10C=C(C(F)(F)F)C=C(C(F)(F)F)C%10)cc98)c(-c8nc(C)nc(C)n8)c7)n6)c5C(F)(F)F)ccc43)c(-c3nc(C)nc(C)n3)c2)n1. The van der Waals surface area contributed by atoms with Crippen LogP contribution >= 0.6 is 0 Å². The van der Waals surface area contributed by atoms with E-state index in [1.807, 2.05) is 4.57 Å². The van der Waals surface area contributed by atoms with E-state index in [9.17, 15) is 52.7 Å². The van der Waals surface area contributed by atoms with Crippen molar-refractivity contribution in [2.24, 2.45) is 0 Å². The number of hydrogen-bond donors (Lipinski definition) is 0. The van der Waals surface area contributed by atoms with Crippen LogP contribution in [0.4, 0.5) is 79.0 Å². The molecule has 0 saturated heterocycles. The third kappa shape index (κ3) is 14.3. The van der Waals surface area contributed by atoms with Crippen molar-refractivity contribution in [3.05, 3.63) is 248 Å². The standard InChI is InChI=1S/C80H52F18N14/c1-36-99-37(2)104-71(103-36)46-15-22-65(60(29-46)73-106-38(3)100-39(4)107-73)111-63-11-9-8-10-55(63)58-28-45(14-21-64(58)111)54-19-20-62(79(93,94)95)59(70(54)80(96,97)98)35-69-102-42(7)105-72(110-69)47-16-23-66(61(30-47)74-108-40(5)101-41(6)109-74)112-67-31-43(48-24-50(75(81,82)83)33-51(25-48)76(84,85)86)12-17-56(67)57-18-13-44(32-68(57)112)49-26-52(77(87,88)89)34-53(27-49)78(90,91)92/h8-24,26,28-34H,25,27,35H2,1-7H3. The molecular weight excluding hydrogens is 1500 g/mol. The minimum absolute atomic E-state index is 0.0103. The molecule has 0 N–H and O–H groups in total. The molecule has 13 aromatic rings. The molecule has 6 heterocycles. The summed E-state index contributed by atoms with van der Waals surface area (Å²) in [7, 11) is 0. The molecule has 6 aromatic heterocycles. The Labute approximate surface area is 620 Å². The zero-order valence-corrected chi connectivity index (χ0v) is 59.1. The van der Waals surface area contributed by atoms with Crippen LogP contribution in [0.5, 0.6) is 0 Å². The van der Waals surface area contributed by atoms with Gasteiger partial charge in [-0.25, -0.2) is 59.8 Å². The van der Waals surface area contributed by atoms with Gasteiger partial charge in [0.1, 0.15) is 46.6 Å². The monoisotopic (exact) mass is 1550 g/mol. The highest BCUT2D eigenvalue weighted by Crippen LogP contribution is 2.49. The number of fused-ring (bicyclic) bond motifs is 6. The summed E-state index contributed by atoms with van der Waals surface area (Å²) >= 11 is 0. The first-order valence-corrected chi connectivity index (χ1v) is 34.0. The van der Waals surface area contributed by atoms with Crippen molar-refractivity contribution in [1.82, 2.24) is 68.9 Å². The molecule has 7 aromatic carbocycles. The number of rotatable bonds is 9. The number of nitrogens with zero attached hydrogens (tertiary/aromatic N) is 14. The van der Waals surface area contributed by atoms with Gasteiger partial charge in [0.15, 0.2) is 23.3 Å². The van der Waals surface area contributed by atoms with E-state index < -0.39 is 118 Å². The van der Waals surface area contributed by atoms with E-state index in [1.54, 1.807) is 76.2 Å². The highest BCUT2D eigenvalue weighted by atomic mass is 19.4. The normalized spacial score (nSPS) is 15.2. The van der Waals surface area contributed by atoms with Crippen molar-refractivity contribution in [3.8, 4) is 68.1 Å². The number of aromatic nitrogens is 14. The lowest BCUT2D eigenvalue weighted by Crippen LogP contribution is -2.21. The highest BCUT2D eigenvalue weighted by Gasteiger charge is 2.45. The van der Waals surface area contributed by atoms with Crippen molar-refractivity contribution >= 4 is 54.8 Å². The molecule has 2 aliphatic carbocycles. The number of halogens is 18. The van der Waals surface area contributed by atoms with E-state index in [2.05, 4.69) is 49.8 Å². The van der Waals surface area contributed by atoms with Crippen LogP contribution in [-0.2, 0) is 18.8 Å². The van der Waals surface area contributed by atoms with E-state index in [0.717, 1.165) is 6.07 Å². The maximum atomic E-state index is 16.4. The summed E-state index contributed by atoms with van der Waals surface area (Å²) in [6, 6.07) is 29.7. The number of allylic oxidation sites excluding steroid dienone is 8. The molecular formula is C80H52F18N14. The first kappa shape index (κ1) is 75.1. The molecule has 15 rings (SSSR count). The molecule has 112 heavy (non-hydrogen) atoms. The molecule has 0 unspecified atom stereocenters. The predicted molar refractivity (Wildman–Crippen MR) is 380 cm³/mol. The first-order chi connectivity index (χ1) is 52.6. The van der Waals surface area contributed by atoms with Gasteiger partial charge in [0.05, 0.1) is 55.7 Å². The second-order valence-corrected chi connectivity index (χ2v) is 26.9. The van der Waals surface area contributed by atoms with Crippen molar-refractivity contribution in [2.75, 3.05) is 0 Å². The third-order valence-corrected chi connectivity index (χ3v) is 19.0. The summed E-state index contributed by atoms with van der Waals surface area (Å²) < 4.78 is 273. The lowest BCUT2D eigenvalue weighted by atomic mass is 9.89. The van der Waals surface area contributed by atoms with Crippen LogP contribution in [0.25, 0.3) is 123 Å². The third-order valence-electron chi connectivity index (χ3n) is 19.0. The second kappa shape index (κ2) is 27.0. The quantitative estimate of drug-likeness (QED) is 0.126. The van der Waals surface area contributed by atoms with Crippen LogP contribution in [-0.4, -0.2) is 93.6 Å². The van der Waals surface area contributed by atoms with Crippen molar-refractivity contribution < 1.29 is 79.0 Å². The van der Waals surface area contributed by atoms with Gasteiger partial charge in [-0.15, -0.1) is 0 Å². The fourth-order valence-electron chi connectivity index (χ4n) is 14.5. The van der Waals surface area contributed by atoms with Gasteiger partial charge in [-0.3, -0.25) is 0 Å². The molecule has 0 spiro atoms. The fourth-order valence-corrected chi connectivity index (χ4v) is 14.5. The molecule has 2 aliphatic rings. The van der Waals surface area contributed by atoms with Crippen molar-refractivity contribution in [3.63, 3.8) is 0 Å². The summed E-state index contributed by atoms with van der Waals surface area (Å²) in [4.78, 5) is 53.9. The van der Waals surface area contributed by atoms with Crippen LogP contribution < -0.4 is 10.4 Å². The Morgan fingerprint density at radius 2 is 0.723 bits per heavy atom. The number of hydrogen-bond acceptors (Lipinski definition) is 12. The minimum atomic E-state index is -5.52. The summed E-state index contributed by atoms with van der Waals surface area (Å²) in [5, 5.41) is 0.944. The van der Waals surface area contributed by atoms with Gasteiger partial charge in [-0.2, -0.15) is 79.0 Å². The van der Waals surface area contributed by atoms with Gasteiger partial charge in [-0.05, 0) is 184 Å². The summed E-state index contributed by atoms with van der Waals surface area (Å²) in [5.41, 5.74) is -10.3. The lowest BCUT2D eigenvalue weighted by Gasteiger charge is -2.22. The number of benzene rings is 7. The summed E-state index contributed by atoms with van der Waals surface area (Å²) in [6.45, 7) is 11.1. The predicted octanol–water partition coefficient (Wildman–Crippen LogP) is 19.8. The topological polar surface area (TPSA) is 165 Å². The Morgan fingerprint density at radius 3 is 1.17 bits per heavy atom. The Kier molecular flexibility index (Phi) is 18.1. The molecule has 32 heteroatoms. The lowest BCUT2D eigenvalue weighted by molar-refractivity contribution is -0.144. The number of alkyl halides is 18. The van der Waals surface area contributed by atoms with Gasteiger partial charge in [0.2, 0.25) is 0 Å². The average Bonchev–Trinajstić information content (AvgIpc) is 1.55. The maximum absolute atomic E-state index is 16.4. The molecule has 0 amide bonds. The van der Waals surface area contributed by atoms with Crippen molar-refractivity contribution in [2.45, 2.75) is 105 Å². The van der Waals surface area contributed by atoms with Crippen molar-refractivity contribution in [1.29, 1.82) is 0 Å². The second-order valence-electron chi connectivity index (χ2n) is 26.9. The molecule has 0 atom stereocenters. The van der Waals surface area contributed by atoms with E-state index in [0.29, 0.717) is 86.0 Å². The van der Waals surface area contributed by atoms with Gasteiger partial charge in [0, 0.05) is 74.2 Å². The fraction of sp³-hybridized carbons (Fsp3) is 0.200. The average molecular weight is 1550 g/mol. The molecule has 0 radical (unpaired) electrons. The van der Waals surface area contributed by atoms with Crippen LogP contribution in [0, 0.1) is 48.5 Å². The van der Waals surface area contributed by atoms with Crippen LogP contribution in [0.2, 0.25) is 0 Å². The Bertz CT molecular complexity index is 6230. The van der Waals surface area contributed by atoms with Crippen LogP contribution in [0.1, 0.15) is 76.1 Å². The molecule has 568 valence electrons. The van der Waals surface area contributed by atoms with E-state index in [4.69, 9.17) is 9.97 Å². The molecule has 0 bridgehead atoms. The smallest absolute Gasteiger partial charge is 0.309 e. The number of para-hydroxylation sites is 1.